The van der Waals surface area contributed by atoms with E-state index in [9.17, 15) is 24.9 Å². The minimum absolute atomic E-state index is 0.182. The van der Waals surface area contributed by atoms with E-state index in [1.54, 1.807) is 0 Å². The quantitative estimate of drug-likeness (QED) is 0.0533. The van der Waals surface area contributed by atoms with Crippen LogP contribution in [0.2, 0.25) is 0 Å². The molecule has 0 aromatic heterocycles. The van der Waals surface area contributed by atoms with E-state index < -0.39 is 36.2 Å². The first kappa shape index (κ1) is 43.9. The van der Waals surface area contributed by atoms with E-state index in [0.29, 0.717) is 6.42 Å². The van der Waals surface area contributed by atoms with Crippen LogP contribution in [0.1, 0.15) is 168 Å². The summed E-state index contributed by atoms with van der Waals surface area (Å²) in [6.07, 6.45) is 23.8. The Labute approximate surface area is 264 Å². The molecule has 0 aliphatic carbocycles. The Kier molecular flexibility index (Phi) is 34.3. The summed E-state index contributed by atoms with van der Waals surface area (Å²) < 4.78 is 5.26. The number of hydrogen-bond donors (Lipinski definition) is 6. The van der Waals surface area contributed by atoms with E-state index in [0.717, 1.165) is 25.8 Å². The van der Waals surface area contributed by atoms with Gasteiger partial charge in [0.05, 0.1) is 0 Å². The van der Waals surface area contributed by atoms with Crippen molar-refractivity contribution >= 4 is 11.8 Å². The smallest absolute Gasteiger partial charge is 0.249 e. The van der Waals surface area contributed by atoms with Crippen LogP contribution in [0, 0.1) is 0 Å². The van der Waals surface area contributed by atoms with Gasteiger partial charge in [-0.1, -0.05) is 155 Å². The van der Waals surface area contributed by atoms with Crippen LogP contribution in [-0.2, 0) is 14.3 Å². The van der Waals surface area contributed by atoms with Crippen molar-refractivity contribution in [3.63, 3.8) is 0 Å². The molecule has 0 unspecified atom stereocenters. The minimum atomic E-state index is -2.01. The minimum Gasteiger partial charge on any atom is -0.387 e. The highest BCUT2D eigenvalue weighted by Crippen LogP contribution is 2.14. The van der Waals surface area contributed by atoms with E-state index in [1.807, 2.05) is 0 Å². The first-order chi connectivity index (χ1) is 20.7. The van der Waals surface area contributed by atoms with Crippen molar-refractivity contribution in [3.05, 3.63) is 0 Å². The number of carbonyl (C=O) groups excluding carboxylic acids is 2. The zero-order valence-electron chi connectivity index (χ0n) is 28.0. The highest BCUT2D eigenvalue weighted by molar-refractivity contribution is 5.81. The number of nitrogens with two attached hydrogens (primary N) is 3. The van der Waals surface area contributed by atoms with Gasteiger partial charge in [-0.2, -0.15) is 0 Å². The summed E-state index contributed by atoms with van der Waals surface area (Å²) in [5.41, 5.74) is 15.5. The van der Waals surface area contributed by atoms with Crippen molar-refractivity contribution in [1.29, 1.82) is 0 Å². The summed E-state index contributed by atoms with van der Waals surface area (Å²) in [4.78, 5) is 22.3. The normalized spacial score (nSPS) is 14.0. The number of aliphatic hydroxyl groups is 3. The van der Waals surface area contributed by atoms with Gasteiger partial charge >= 0.3 is 0 Å². The number of amides is 2. The van der Waals surface area contributed by atoms with Crippen LogP contribution in [0.25, 0.3) is 0 Å². The maximum Gasteiger partial charge on any atom is 0.249 e. The molecule has 9 N–H and O–H groups in total. The van der Waals surface area contributed by atoms with Crippen LogP contribution >= 0.6 is 0 Å². The Morgan fingerprint density at radius 2 is 0.837 bits per heavy atom. The fraction of sp³-hybridized carbons (Fsp3) is 0.941. The maximum atomic E-state index is 11.4. The molecule has 0 bridgehead atoms. The van der Waals surface area contributed by atoms with Crippen molar-refractivity contribution in [2.75, 3.05) is 13.2 Å². The van der Waals surface area contributed by atoms with Gasteiger partial charge in [-0.15, -0.1) is 0 Å². The zero-order valence-corrected chi connectivity index (χ0v) is 28.0. The molecule has 0 radical (unpaired) electrons. The van der Waals surface area contributed by atoms with Crippen LogP contribution < -0.4 is 17.2 Å². The second-order valence-electron chi connectivity index (χ2n) is 12.1. The molecule has 0 saturated carbocycles. The highest BCUT2D eigenvalue weighted by Gasteiger charge is 2.37. The van der Waals surface area contributed by atoms with Crippen molar-refractivity contribution in [3.8, 4) is 0 Å². The Morgan fingerprint density at radius 3 is 1.14 bits per heavy atom. The lowest BCUT2D eigenvalue weighted by Gasteiger charge is -2.26. The Balaban J connectivity index is 0. The SMILES string of the molecule is CCCCCCCCCCCCCCN.CCCCCCCCCCCCCCO[C@@H](C(N)=O)[C@@H](O)[C@H](O)[C@H](O)C(N)=O. The lowest BCUT2D eigenvalue weighted by Crippen LogP contribution is -2.53. The van der Waals surface area contributed by atoms with Gasteiger partial charge in [0.15, 0.2) is 12.2 Å². The fourth-order valence-electron chi connectivity index (χ4n) is 5.02. The van der Waals surface area contributed by atoms with Gasteiger partial charge in [0.25, 0.3) is 0 Å². The Hall–Kier alpha value is -1.26. The number of hydrogen-bond acceptors (Lipinski definition) is 7. The molecule has 0 saturated heterocycles. The van der Waals surface area contributed by atoms with Crippen molar-refractivity contribution in [2.24, 2.45) is 17.2 Å². The van der Waals surface area contributed by atoms with Crippen LogP contribution in [-0.4, -0.2) is 64.7 Å². The fourth-order valence-corrected chi connectivity index (χ4v) is 5.02. The molecule has 4 atom stereocenters. The zero-order chi connectivity index (χ0) is 32.6. The summed E-state index contributed by atoms with van der Waals surface area (Å²) in [6, 6.07) is 0. The summed E-state index contributed by atoms with van der Waals surface area (Å²) in [6.45, 7) is 5.55. The average Bonchev–Trinajstić information content (AvgIpc) is 2.99. The first-order valence-corrected chi connectivity index (χ1v) is 17.7. The maximum absolute atomic E-state index is 11.4. The molecule has 2 amide bonds. The van der Waals surface area contributed by atoms with Crippen molar-refractivity contribution < 1.29 is 29.6 Å². The van der Waals surface area contributed by atoms with Crippen LogP contribution in [0.3, 0.4) is 0 Å². The molecular weight excluding hydrogens is 546 g/mol. The third kappa shape index (κ3) is 29.2. The number of rotatable bonds is 31. The van der Waals surface area contributed by atoms with E-state index in [2.05, 4.69) is 13.8 Å². The number of unbranched alkanes of at least 4 members (excludes halogenated alkanes) is 22. The summed E-state index contributed by atoms with van der Waals surface area (Å²) >= 11 is 0. The molecule has 0 aromatic carbocycles. The lowest BCUT2D eigenvalue weighted by atomic mass is 10.0. The molecule has 0 aliphatic heterocycles. The molecular formula is C34H71N3O6. The van der Waals surface area contributed by atoms with Crippen LogP contribution in [0.15, 0.2) is 0 Å². The second kappa shape index (κ2) is 33.6. The number of primary amides is 2. The van der Waals surface area contributed by atoms with Gasteiger partial charge in [-0.25, -0.2) is 0 Å². The molecule has 0 fully saturated rings. The van der Waals surface area contributed by atoms with Crippen LogP contribution in [0.4, 0.5) is 0 Å². The molecule has 0 heterocycles. The Bertz CT molecular complexity index is 599. The van der Waals surface area contributed by atoms with Gasteiger partial charge < -0.3 is 37.3 Å². The van der Waals surface area contributed by atoms with Gasteiger partial charge in [-0.3, -0.25) is 9.59 Å². The van der Waals surface area contributed by atoms with Crippen molar-refractivity contribution in [2.45, 2.75) is 192 Å². The molecule has 0 aromatic rings. The van der Waals surface area contributed by atoms with Gasteiger partial charge in [0.1, 0.15) is 12.2 Å². The van der Waals surface area contributed by atoms with Gasteiger partial charge in [0, 0.05) is 6.61 Å². The predicted octanol–water partition coefficient (Wildman–Crippen LogP) is 5.77. The average molecular weight is 618 g/mol. The predicted molar refractivity (Wildman–Crippen MR) is 177 cm³/mol. The van der Waals surface area contributed by atoms with E-state index in [-0.39, 0.29) is 6.61 Å². The molecule has 0 spiro atoms. The first-order valence-electron chi connectivity index (χ1n) is 17.7. The van der Waals surface area contributed by atoms with E-state index >= 15 is 0 Å². The number of ether oxygens (including phenoxy) is 1. The second-order valence-corrected chi connectivity index (χ2v) is 12.1. The summed E-state index contributed by atoms with van der Waals surface area (Å²) in [5, 5.41) is 29.0. The Morgan fingerprint density at radius 1 is 0.512 bits per heavy atom. The molecule has 0 aliphatic rings. The van der Waals surface area contributed by atoms with Crippen molar-refractivity contribution in [1.82, 2.24) is 0 Å². The highest BCUT2D eigenvalue weighted by atomic mass is 16.5. The number of aliphatic hydroxyl groups excluding tert-OH is 3. The van der Waals surface area contributed by atoms with E-state index in [4.69, 9.17) is 21.9 Å². The van der Waals surface area contributed by atoms with E-state index in [1.165, 1.54) is 128 Å². The monoisotopic (exact) mass is 618 g/mol. The molecule has 0 rings (SSSR count). The third-order valence-electron chi connectivity index (χ3n) is 7.91. The standard InChI is InChI=1S/C20H40N2O6.C14H31N/c1-2-3-4-5-6-7-8-9-10-11-12-13-14-28-18(20(22)27)16(24)15(23)17(25)19(21)26;1-2-3-4-5-6-7-8-9-10-11-12-13-14-15/h15-18,23-25H,2-14H2,1H3,(H2,21,26)(H2,22,27);2-15H2,1H3/t15-,16-,17-,18+;/m0./s1. The summed E-state index contributed by atoms with van der Waals surface area (Å²) in [5.74, 6) is -2.20. The lowest BCUT2D eigenvalue weighted by molar-refractivity contribution is -0.158. The molecule has 9 heteroatoms. The third-order valence-corrected chi connectivity index (χ3v) is 7.91. The van der Waals surface area contributed by atoms with Crippen LogP contribution in [0.5, 0.6) is 0 Å². The van der Waals surface area contributed by atoms with Gasteiger partial charge in [0.2, 0.25) is 11.8 Å². The molecule has 43 heavy (non-hydrogen) atoms. The largest absolute Gasteiger partial charge is 0.387 e. The van der Waals surface area contributed by atoms with Gasteiger partial charge in [-0.05, 0) is 19.4 Å². The summed E-state index contributed by atoms with van der Waals surface area (Å²) in [7, 11) is 0. The number of carbonyl (C=O) groups is 2. The molecule has 9 nitrogen and oxygen atoms in total. The molecule has 258 valence electrons. The topological polar surface area (TPSA) is 182 Å².